The van der Waals surface area contributed by atoms with Crippen LogP contribution in [0.3, 0.4) is 0 Å². The highest BCUT2D eigenvalue weighted by Crippen LogP contribution is 2.42. The van der Waals surface area contributed by atoms with Crippen molar-refractivity contribution >= 4 is 0 Å². The second-order valence-electron chi connectivity index (χ2n) is 7.76. The second kappa shape index (κ2) is 6.30. The molecule has 0 aliphatic heterocycles. The van der Waals surface area contributed by atoms with Gasteiger partial charge in [0.15, 0.2) is 0 Å². The molecule has 1 aliphatic rings. The van der Waals surface area contributed by atoms with Crippen molar-refractivity contribution in [3.8, 4) is 0 Å². The Morgan fingerprint density at radius 1 is 1.15 bits per heavy atom. The van der Waals surface area contributed by atoms with E-state index < -0.39 is 0 Å². The number of nitrogens with two attached hydrogens (primary N) is 1. The van der Waals surface area contributed by atoms with Crippen molar-refractivity contribution in [1.29, 1.82) is 0 Å². The minimum Gasteiger partial charge on any atom is -0.330 e. The van der Waals surface area contributed by atoms with Crippen molar-refractivity contribution in [2.75, 3.05) is 6.54 Å². The van der Waals surface area contributed by atoms with Gasteiger partial charge in [-0.2, -0.15) is 0 Å². The van der Waals surface area contributed by atoms with Crippen LogP contribution in [-0.2, 0) is 6.42 Å². The van der Waals surface area contributed by atoms with Gasteiger partial charge in [-0.1, -0.05) is 52.0 Å². The molecular weight excluding hydrogens is 242 g/mol. The van der Waals surface area contributed by atoms with E-state index >= 15 is 0 Å². The summed E-state index contributed by atoms with van der Waals surface area (Å²) < 4.78 is 0. The Bertz CT molecular complexity index is 416. The van der Waals surface area contributed by atoms with Crippen LogP contribution in [0.4, 0.5) is 0 Å². The molecule has 0 aromatic heterocycles. The van der Waals surface area contributed by atoms with Gasteiger partial charge < -0.3 is 5.73 Å². The lowest BCUT2D eigenvalue weighted by Gasteiger charge is -2.40. The van der Waals surface area contributed by atoms with Crippen molar-refractivity contribution in [3.63, 3.8) is 0 Å². The standard InChI is InChI=1S/C19H31N/c1-14(2)16-7-5-15(6-8-16)11-18-12-19(3,4)10-9-17(18)13-20/h5-8,14,17-18H,9-13,20H2,1-4H3. The number of hydrogen-bond donors (Lipinski definition) is 1. The molecule has 0 saturated heterocycles. The average molecular weight is 273 g/mol. The third kappa shape index (κ3) is 3.85. The smallest absolute Gasteiger partial charge is 0.00461 e. The molecule has 1 saturated carbocycles. The second-order valence-corrected chi connectivity index (χ2v) is 7.76. The zero-order chi connectivity index (χ0) is 14.8. The molecule has 2 N–H and O–H groups in total. The predicted octanol–water partition coefficient (Wildman–Crippen LogP) is 4.75. The minimum absolute atomic E-state index is 0.494. The highest BCUT2D eigenvalue weighted by atomic mass is 14.6. The largest absolute Gasteiger partial charge is 0.330 e. The highest BCUT2D eigenvalue weighted by molar-refractivity contribution is 5.25. The summed E-state index contributed by atoms with van der Waals surface area (Å²) in [4.78, 5) is 0. The first kappa shape index (κ1) is 15.6. The van der Waals surface area contributed by atoms with Crippen LogP contribution < -0.4 is 5.73 Å². The van der Waals surface area contributed by atoms with E-state index in [1.807, 2.05) is 0 Å². The molecule has 0 heterocycles. The van der Waals surface area contributed by atoms with E-state index in [2.05, 4.69) is 52.0 Å². The maximum Gasteiger partial charge on any atom is -0.00461 e. The summed E-state index contributed by atoms with van der Waals surface area (Å²) in [5, 5.41) is 0. The molecule has 0 amide bonds. The molecule has 1 fully saturated rings. The lowest BCUT2D eigenvalue weighted by atomic mass is 9.65. The number of hydrogen-bond acceptors (Lipinski definition) is 1. The maximum absolute atomic E-state index is 6.00. The fourth-order valence-corrected chi connectivity index (χ4v) is 3.68. The van der Waals surface area contributed by atoms with Crippen molar-refractivity contribution in [1.82, 2.24) is 0 Å². The van der Waals surface area contributed by atoms with Gasteiger partial charge in [-0.25, -0.2) is 0 Å². The first-order chi connectivity index (χ1) is 9.41. The Morgan fingerprint density at radius 2 is 1.80 bits per heavy atom. The van der Waals surface area contributed by atoms with Crippen LogP contribution in [0, 0.1) is 17.3 Å². The van der Waals surface area contributed by atoms with Gasteiger partial charge in [-0.05, 0) is 66.5 Å². The Labute approximate surface area is 125 Å². The highest BCUT2D eigenvalue weighted by Gasteiger charge is 2.33. The summed E-state index contributed by atoms with van der Waals surface area (Å²) in [6.07, 6.45) is 5.15. The summed E-state index contributed by atoms with van der Waals surface area (Å²) in [7, 11) is 0. The lowest BCUT2D eigenvalue weighted by molar-refractivity contribution is 0.121. The van der Waals surface area contributed by atoms with Crippen molar-refractivity contribution < 1.29 is 0 Å². The molecule has 1 aromatic rings. The van der Waals surface area contributed by atoms with E-state index in [0.717, 1.165) is 12.5 Å². The monoisotopic (exact) mass is 273 g/mol. The van der Waals surface area contributed by atoms with Gasteiger partial charge in [0.25, 0.3) is 0 Å². The Hall–Kier alpha value is -0.820. The van der Waals surface area contributed by atoms with Gasteiger partial charge in [0, 0.05) is 0 Å². The zero-order valence-corrected chi connectivity index (χ0v) is 13.7. The fraction of sp³-hybridized carbons (Fsp3) is 0.684. The first-order valence-electron chi connectivity index (χ1n) is 8.20. The average Bonchev–Trinajstić information content (AvgIpc) is 2.38. The molecule has 0 bridgehead atoms. The van der Waals surface area contributed by atoms with E-state index in [0.29, 0.717) is 17.3 Å². The molecule has 1 nitrogen and oxygen atoms in total. The Morgan fingerprint density at radius 3 is 2.35 bits per heavy atom. The quantitative estimate of drug-likeness (QED) is 0.841. The summed E-state index contributed by atoms with van der Waals surface area (Å²) in [6, 6.07) is 9.24. The van der Waals surface area contributed by atoms with E-state index in [1.165, 1.54) is 36.8 Å². The van der Waals surface area contributed by atoms with Crippen LogP contribution in [0.1, 0.15) is 64.0 Å². The van der Waals surface area contributed by atoms with Gasteiger partial charge in [0.1, 0.15) is 0 Å². The van der Waals surface area contributed by atoms with E-state index in [-0.39, 0.29) is 0 Å². The van der Waals surface area contributed by atoms with Crippen LogP contribution >= 0.6 is 0 Å². The molecule has 0 radical (unpaired) electrons. The predicted molar refractivity (Wildman–Crippen MR) is 87.9 cm³/mol. The van der Waals surface area contributed by atoms with Crippen LogP contribution in [0.15, 0.2) is 24.3 Å². The van der Waals surface area contributed by atoms with Crippen LogP contribution in [0.2, 0.25) is 0 Å². The van der Waals surface area contributed by atoms with Gasteiger partial charge in [-0.3, -0.25) is 0 Å². The summed E-state index contributed by atoms with van der Waals surface area (Å²) >= 11 is 0. The third-order valence-electron chi connectivity index (χ3n) is 5.12. The summed E-state index contributed by atoms with van der Waals surface area (Å²) in [5.74, 6) is 2.09. The molecule has 2 rings (SSSR count). The van der Waals surface area contributed by atoms with Crippen molar-refractivity contribution in [2.24, 2.45) is 23.0 Å². The number of benzene rings is 1. The van der Waals surface area contributed by atoms with E-state index in [1.54, 1.807) is 0 Å². The minimum atomic E-state index is 0.494. The molecule has 0 spiro atoms. The van der Waals surface area contributed by atoms with Crippen molar-refractivity contribution in [3.05, 3.63) is 35.4 Å². The van der Waals surface area contributed by atoms with Crippen molar-refractivity contribution in [2.45, 2.75) is 59.3 Å². The fourth-order valence-electron chi connectivity index (χ4n) is 3.68. The lowest BCUT2D eigenvalue weighted by Crippen LogP contribution is -2.35. The third-order valence-corrected chi connectivity index (χ3v) is 5.12. The van der Waals surface area contributed by atoms with Gasteiger partial charge in [-0.15, -0.1) is 0 Å². The van der Waals surface area contributed by atoms with Crippen LogP contribution in [0.5, 0.6) is 0 Å². The molecule has 112 valence electrons. The summed E-state index contributed by atoms with van der Waals surface area (Å²) in [6.45, 7) is 10.2. The van der Waals surface area contributed by atoms with Crippen LogP contribution in [0.25, 0.3) is 0 Å². The van der Waals surface area contributed by atoms with Gasteiger partial charge in [0.05, 0.1) is 0 Å². The maximum atomic E-state index is 6.00. The molecule has 2 atom stereocenters. The molecule has 1 aromatic carbocycles. The first-order valence-corrected chi connectivity index (χ1v) is 8.20. The molecule has 1 heteroatoms. The topological polar surface area (TPSA) is 26.0 Å². The Balaban J connectivity index is 2.06. The Kier molecular flexibility index (Phi) is 4.90. The van der Waals surface area contributed by atoms with Crippen LogP contribution in [-0.4, -0.2) is 6.54 Å². The molecule has 2 unspecified atom stereocenters. The van der Waals surface area contributed by atoms with E-state index in [4.69, 9.17) is 5.73 Å². The molecular formula is C19H31N. The summed E-state index contributed by atoms with van der Waals surface area (Å²) in [5.41, 5.74) is 9.41. The normalized spacial score (nSPS) is 25.9. The SMILES string of the molecule is CC(C)c1ccc(CC2CC(C)(C)CCC2CN)cc1. The van der Waals surface area contributed by atoms with E-state index in [9.17, 15) is 0 Å². The zero-order valence-electron chi connectivity index (χ0n) is 13.7. The van der Waals surface area contributed by atoms with Gasteiger partial charge >= 0.3 is 0 Å². The number of rotatable bonds is 4. The molecule has 20 heavy (non-hydrogen) atoms. The van der Waals surface area contributed by atoms with Gasteiger partial charge in [0.2, 0.25) is 0 Å². The molecule has 1 aliphatic carbocycles.